The van der Waals surface area contributed by atoms with Crippen LogP contribution in [-0.4, -0.2) is 46.6 Å². The molecule has 8 nitrogen and oxygen atoms in total. The second kappa shape index (κ2) is 12.0. The van der Waals surface area contributed by atoms with E-state index in [-0.39, 0.29) is 6.09 Å². The molecule has 0 bridgehead atoms. The van der Waals surface area contributed by atoms with Gasteiger partial charge < -0.3 is 19.7 Å². The van der Waals surface area contributed by atoms with Crippen LogP contribution in [0.15, 0.2) is 30.3 Å². The number of nitrogens with zero attached hydrogens (tertiary/aromatic N) is 4. The summed E-state index contributed by atoms with van der Waals surface area (Å²) in [5.74, 6) is 2.30. The Kier molecular flexibility index (Phi) is 8.58. The molecule has 0 radical (unpaired) electrons. The Morgan fingerprint density at radius 2 is 1.79 bits per heavy atom. The molecule has 0 spiro atoms. The number of carbonyl (C=O) groups is 1. The van der Waals surface area contributed by atoms with Crippen LogP contribution >= 0.6 is 0 Å². The standard InChI is InChI=1S/C25H37N5O3/c1-2-30-23(19-32-22-11-7-4-8-12-22)27-28-24(30)29-15-13-20(14-16-29)17-26-25(31)33-18-21-9-5-3-6-10-21/h3,5-6,9-10,20,22H,2,4,7-8,11-19H2,1H3,(H,26,31). The van der Waals surface area contributed by atoms with E-state index in [1.807, 2.05) is 30.3 Å². The van der Waals surface area contributed by atoms with Crippen LogP contribution in [0.1, 0.15) is 63.3 Å². The maximum Gasteiger partial charge on any atom is 0.407 e. The minimum atomic E-state index is -0.352. The third kappa shape index (κ3) is 6.69. The van der Waals surface area contributed by atoms with Gasteiger partial charge in [-0.1, -0.05) is 49.6 Å². The van der Waals surface area contributed by atoms with Gasteiger partial charge in [-0.25, -0.2) is 4.79 Å². The van der Waals surface area contributed by atoms with Crippen LogP contribution in [0.5, 0.6) is 0 Å². The molecule has 2 aliphatic rings. The highest BCUT2D eigenvalue weighted by Gasteiger charge is 2.25. The van der Waals surface area contributed by atoms with Gasteiger partial charge in [0.2, 0.25) is 5.95 Å². The monoisotopic (exact) mass is 455 g/mol. The van der Waals surface area contributed by atoms with E-state index in [0.717, 1.165) is 62.7 Å². The van der Waals surface area contributed by atoms with Gasteiger partial charge in [-0.3, -0.25) is 4.57 Å². The molecule has 4 rings (SSSR count). The Morgan fingerprint density at radius 1 is 1.03 bits per heavy atom. The molecule has 1 aliphatic carbocycles. The average molecular weight is 456 g/mol. The van der Waals surface area contributed by atoms with E-state index in [4.69, 9.17) is 9.47 Å². The number of rotatable bonds is 9. The molecular formula is C25H37N5O3. The highest BCUT2D eigenvalue weighted by atomic mass is 16.5. The summed E-state index contributed by atoms with van der Waals surface area (Å²) in [7, 11) is 0. The number of ether oxygens (including phenoxy) is 2. The van der Waals surface area contributed by atoms with Gasteiger partial charge in [0.15, 0.2) is 5.82 Å². The summed E-state index contributed by atoms with van der Waals surface area (Å²) in [6.45, 7) is 6.26. The Balaban J connectivity index is 1.20. The molecule has 1 aromatic carbocycles. The van der Waals surface area contributed by atoms with Crippen molar-refractivity contribution in [2.45, 2.75) is 77.7 Å². The summed E-state index contributed by atoms with van der Waals surface area (Å²) in [6.07, 6.45) is 8.21. The third-order valence-electron chi connectivity index (χ3n) is 6.77. The molecule has 1 aromatic heterocycles. The van der Waals surface area contributed by atoms with Crippen molar-refractivity contribution in [3.8, 4) is 0 Å². The summed E-state index contributed by atoms with van der Waals surface area (Å²) in [4.78, 5) is 14.3. The Labute approximate surface area is 196 Å². The van der Waals surface area contributed by atoms with Crippen LogP contribution in [0.4, 0.5) is 10.7 Å². The number of carbonyl (C=O) groups excluding carboxylic acids is 1. The van der Waals surface area contributed by atoms with Crippen molar-refractivity contribution in [2.24, 2.45) is 5.92 Å². The van der Waals surface area contributed by atoms with E-state index in [2.05, 4.69) is 31.9 Å². The van der Waals surface area contributed by atoms with Crippen LogP contribution < -0.4 is 10.2 Å². The number of hydrogen-bond acceptors (Lipinski definition) is 6. The first-order valence-corrected chi connectivity index (χ1v) is 12.5. The molecule has 1 amide bonds. The molecule has 2 heterocycles. The van der Waals surface area contributed by atoms with Gasteiger partial charge in [0.25, 0.3) is 0 Å². The zero-order chi connectivity index (χ0) is 22.9. The van der Waals surface area contributed by atoms with Gasteiger partial charge in [0.1, 0.15) is 13.2 Å². The molecule has 180 valence electrons. The number of piperidine rings is 1. The lowest BCUT2D eigenvalue weighted by Crippen LogP contribution is -2.40. The summed E-state index contributed by atoms with van der Waals surface area (Å²) in [6, 6.07) is 9.73. The Hall–Kier alpha value is -2.61. The number of alkyl carbamates (subject to hydrolysis) is 1. The van der Waals surface area contributed by atoms with Gasteiger partial charge in [0, 0.05) is 26.2 Å². The van der Waals surface area contributed by atoms with Crippen molar-refractivity contribution in [1.29, 1.82) is 0 Å². The predicted molar refractivity (Wildman–Crippen MR) is 127 cm³/mol. The molecular weight excluding hydrogens is 418 g/mol. The molecule has 2 fully saturated rings. The lowest BCUT2D eigenvalue weighted by atomic mass is 9.97. The first kappa shape index (κ1) is 23.5. The van der Waals surface area contributed by atoms with Gasteiger partial charge in [0.05, 0.1) is 6.10 Å². The molecule has 2 aromatic rings. The largest absolute Gasteiger partial charge is 0.445 e. The minimum absolute atomic E-state index is 0.296. The van der Waals surface area contributed by atoms with Crippen LogP contribution in [0.2, 0.25) is 0 Å². The maximum atomic E-state index is 12.0. The lowest BCUT2D eigenvalue weighted by Gasteiger charge is -2.32. The van der Waals surface area contributed by atoms with E-state index in [0.29, 0.717) is 31.8 Å². The average Bonchev–Trinajstić information content (AvgIpc) is 3.29. The van der Waals surface area contributed by atoms with Crippen LogP contribution in [0, 0.1) is 5.92 Å². The fraction of sp³-hybridized carbons (Fsp3) is 0.640. The second-order valence-corrected chi connectivity index (χ2v) is 9.10. The van der Waals surface area contributed by atoms with Crippen molar-refractivity contribution >= 4 is 12.0 Å². The van der Waals surface area contributed by atoms with Crippen LogP contribution in [-0.2, 0) is 29.2 Å². The van der Waals surface area contributed by atoms with E-state index in [1.54, 1.807) is 0 Å². The first-order valence-electron chi connectivity index (χ1n) is 12.5. The number of nitrogens with one attached hydrogen (secondary N) is 1. The van der Waals surface area contributed by atoms with Crippen LogP contribution in [0.3, 0.4) is 0 Å². The molecule has 33 heavy (non-hydrogen) atoms. The van der Waals surface area contributed by atoms with E-state index >= 15 is 0 Å². The molecule has 1 saturated carbocycles. The zero-order valence-electron chi connectivity index (χ0n) is 19.7. The summed E-state index contributed by atoms with van der Waals surface area (Å²) < 4.78 is 13.6. The number of aromatic nitrogens is 3. The quantitative estimate of drug-likeness (QED) is 0.607. The van der Waals surface area contributed by atoms with E-state index in [1.165, 1.54) is 19.3 Å². The fourth-order valence-corrected chi connectivity index (χ4v) is 4.75. The third-order valence-corrected chi connectivity index (χ3v) is 6.77. The van der Waals surface area contributed by atoms with Crippen LogP contribution in [0.25, 0.3) is 0 Å². The van der Waals surface area contributed by atoms with Crippen molar-refractivity contribution in [3.05, 3.63) is 41.7 Å². The lowest BCUT2D eigenvalue weighted by molar-refractivity contribution is 0.0122. The van der Waals surface area contributed by atoms with Gasteiger partial charge >= 0.3 is 6.09 Å². The number of amides is 1. The van der Waals surface area contributed by atoms with Gasteiger partial charge in [-0.15, -0.1) is 10.2 Å². The molecule has 1 aliphatic heterocycles. The summed E-state index contributed by atoms with van der Waals surface area (Å²) >= 11 is 0. The number of anilines is 1. The topological polar surface area (TPSA) is 81.5 Å². The fourth-order valence-electron chi connectivity index (χ4n) is 4.75. The summed E-state index contributed by atoms with van der Waals surface area (Å²) in [5.41, 5.74) is 0.990. The molecule has 1 saturated heterocycles. The zero-order valence-corrected chi connectivity index (χ0v) is 19.7. The normalized spacial score (nSPS) is 17.8. The van der Waals surface area contributed by atoms with Gasteiger partial charge in [-0.2, -0.15) is 0 Å². The number of benzene rings is 1. The van der Waals surface area contributed by atoms with Gasteiger partial charge in [-0.05, 0) is 44.1 Å². The molecule has 0 unspecified atom stereocenters. The Bertz CT molecular complexity index is 858. The summed E-state index contributed by atoms with van der Waals surface area (Å²) in [5, 5.41) is 11.9. The van der Waals surface area contributed by atoms with E-state index < -0.39 is 0 Å². The molecule has 8 heteroatoms. The number of hydrogen-bond donors (Lipinski definition) is 1. The SMILES string of the molecule is CCn1c(COC2CCCCC2)nnc1N1CCC(CNC(=O)OCc2ccccc2)CC1. The minimum Gasteiger partial charge on any atom is -0.445 e. The second-order valence-electron chi connectivity index (χ2n) is 9.10. The highest BCUT2D eigenvalue weighted by Crippen LogP contribution is 2.24. The maximum absolute atomic E-state index is 12.0. The highest BCUT2D eigenvalue weighted by molar-refractivity contribution is 5.67. The van der Waals surface area contributed by atoms with Crippen molar-refractivity contribution in [1.82, 2.24) is 20.1 Å². The van der Waals surface area contributed by atoms with Crippen molar-refractivity contribution in [3.63, 3.8) is 0 Å². The Morgan fingerprint density at radius 3 is 2.52 bits per heavy atom. The first-order chi connectivity index (χ1) is 16.2. The molecule has 0 atom stereocenters. The van der Waals surface area contributed by atoms with Crippen molar-refractivity contribution in [2.75, 3.05) is 24.5 Å². The predicted octanol–water partition coefficient (Wildman–Crippen LogP) is 4.29. The van der Waals surface area contributed by atoms with E-state index in [9.17, 15) is 4.79 Å². The molecule has 1 N–H and O–H groups in total. The smallest absolute Gasteiger partial charge is 0.407 e. The van der Waals surface area contributed by atoms with Crippen molar-refractivity contribution < 1.29 is 14.3 Å².